The summed E-state index contributed by atoms with van der Waals surface area (Å²) in [5, 5.41) is 0. The van der Waals surface area contributed by atoms with Gasteiger partial charge < -0.3 is 5.73 Å². The average molecular weight is 385 g/mol. The molecule has 0 bridgehead atoms. The Balaban J connectivity index is 1.51. The van der Waals surface area contributed by atoms with Crippen LogP contribution < -0.4 is 10.5 Å². The molecule has 1 saturated carbocycles. The van der Waals surface area contributed by atoms with Crippen LogP contribution in [0.1, 0.15) is 47.4 Å². The molecule has 0 spiro atoms. The number of nitrogens with one attached hydrogen (secondary N) is 1. The largest absolute Gasteiger partial charge is 0.327 e. The van der Waals surface area contributed by atoms with E-state index in [1.165, 1.54) is 16.7 Å². The van der Waals surface area contributed by atoms with E-state index in [2.05, 4.69) is 47.2 Å². The van der Waals surface area contributed by atoms with Crippen LogP contribution in [-0.4, -0.2) is 20.2 Å². The van der Waals surface area contributed by atoms with Crippen LogP contribution in [0.2, 0.25) is 0 Å². The first-order chi connectivity index (χ1) is 13.0. The number of fused-ring (bicyclic) bond motifs is 1. The van der Waals surface area contributed by atoms with E-state index in [4.69, 9.17) is 5.73 Å². The molecule has 0 aromatic heterocycles. The van der Waals surface area contributed by atoms with Crippen molar-refractivity contribution < 1.29 is 8.42 Å². The normalized spacial score (nSPS) is 22.4. The van der Waals surface area contributed by atoms with E-state index >= 15 is 0 Å². The first kappa shape index (κ1) is 18.7. The van der Waals surface area contributed by atoms with Crippen LogP contribution in [0.3, 0.4) is 0 Å². The topological polar surface area (TPSA) is 72.2 Å². The van der Waals surface area contributed by atoms with Gasteiger partial charge in [-0.2, -0.15) is 0 Å². The third kappa shape index (κ3) is 4.78. The van der Waals surface area contributed by atoms with Gasteiger partial charge in [0.2, 0.25) is 10.0 Å². The second-order valence-electron chi connectivity index (χ2n) is 8.08. The average Bonchev–Trinajstić information content (AvgIpc) is 3.46. The molecule has 3 N–H and O–H groups in total. The molecule has 2 aliphatic rings. The van der Waals surface area contributed by atoms with Gasteiger partial charge in [0.15, 0.2) is 0 Å². The Hall–Kier alpha value is -1.69. The minimum Gasteiger partial charge on any atom is -0.327 e. The van der Waals surface area contributed by atoms with Gasteiger partial charge in [0.25, 0.3) is 0 Å². The number of sulfonamides is 1. The van der Waals surface area contributed by atoms with Gasteiger partial charge in [-0.25, -0.2) is 13.1 Å². The fraction of sp³-hybridized carbons (Fsp3) is 0.455. The van der Waals surface area contributed by atoms with Gasteiger partial charge in [-0.05, 0) is 60.3 Å². The molecule has 1 fully saturated rings. The highest BCUT2D eigenvalue weighted by Crippen LogP contribution is 2.34. The zero-order chi connectivity index (χ0) is 18.9. The Labute approximate surface area is 162 Å². The van der Waals surface area contributed by atoms with E-state index in [1.54, 1.807) is 0 Å². The zero-order valence-electron chi connectivity index (χ0n) is 15.6. The molecular formula is C22H28N2O2S. The Morgan fingerprint density at radius 3 is 2.52 bits per heavy atom. The summed E-state index contributed by atoms with van der Waals surface area (Å²) >= 11 is 0. The van der Waals surface area contributed by atoms with Crippen molar-refractivity contribution in [2.75, 3.05) is 5.75 Å². The number of rotatable bonds is 7. The maximum atomic E-state index is 12.2. The van der Waals surface area contributed by atoms with Crippen LogP contribution in [0.5, 0.6) is 0 Å². The first-order valence-electron chi connectivity index (χ1n) is 9.89. The first-order valence-corrected chi connectivity index (χ1v) is 11.5. The molecule has 0 radical (unpaired) electrons. The summed E-state index contributed by atoms with van der Waals surface area (Å²) in [6.45, 7) is 0.357. The number of aryl methyl sites for hydroxylation is 1. The van der Waals surface area contributed by atoms with Crippen LogP contribution in [0.4, 0.5) is 0 Å². The monoisotopic (exact) mass is 384 g/mol. The van der Waals surface area contributed by atoms with Gasteiger partial charge in [-0.1, -0.05) is 48.5 Å². The lowest BCUT2D eigenvalue weighted by Gasteiger charge is -2.32. The Bertz CT molecular complexity index is 892. The zero-order valence-corrected chi connectivity index (χ0v) is 16.4. The van der Waals surface area contributed by atoms with E-state index in [-0.39, 0.29) is 17.7 Å². The highest BCUT2D eigenvalue weighted by molar-refractivity contribution is 7.89. The Morgan fingerprint density at radius 1 is 1.00 bits per heavy atom. The van der Waals surface area contributed by atoms with E-state index in [0.29, 0.717) is 12.5 Å². The predicted octanol–water partition coefficient (Wildman–Crippen LogP) is 3.12. The molecule has 0 heterocycles. The number of hydrogen-bond donors (Lipinski definition) is 2. The van der Waals surface area contributed by atoms with Crippen molar-refractivity contribution in [2.24, 2.45) is 11.7 Å². The Kier molecular flexibility index (Phi) is 5.35. The maximum Gasteiger partial charge on any atom is 0.212 e. The van der Waals surface area contributed by atoms with E-state index < -0.39 is 10.0 Å². The summed E-state index contributed by atoms with van der Waals surface area (Å²) in [6, 6.07) is 17.0. The lowest BCUT2D eigenvalue weighted by molar-refractivity contribution is 0.467. The smallest absolute Gasteiger partial charge is 0.212 e. The van der Waals surface area contributed by atoms with E-state index in [1.807, 2.05) is 6.07 Å². The van der Waals surface area contributed by atoms with Crippen LogP contribution in [0.25, 0.3) is 0 Å². The fourth-order valence-electron chi connectivity index (χ4n) is 4.06. The van der Waals surface area contributed by atoms with Crippen LogP contribution in [0, 0.1) is 5.92 Å². The molecular weight excluding hydrogens is 356 g/mol. The van der Waals surface area contributed by atoms with Crippen molar-refractivity contribution in [2.45, 2.75) is 50.6 Å². The van der Waals surface area contributed by atoms with E-state index in [9.17, 15) is 8.42 Å². The van der Waals surface area contributed by atoms with Gasteiger partial charge >= 0.3 is 0 Å². The SMILES string of the molecule is N[C@@H]1CCc2ccc(CNS(=O)(=O)CC3CC3)cc2[C@@H]1Cc1ccccc1. The van der Waals surface area contributed by atoms with Gasteiger partial charge in [-0.3, -0.25) is 0 Å². The molecule has 2 aliphatic carbocycles. The lowest BCUT2D eigenvalue weighted by Crippen LogP contribution is -2.34. The second kappa shape index (κ2) is 7.74. The minimum absolute atomic E-state index is 0.138. The molecule has 4 rings (SSSR count). The van der Waals surface area contributed by atoms with Crippen molar-refractivity contribution in [3.05, 3.63) is 70.8 Å². The third-order valence-corrected chi connectivity index (χ3v) is 7.31. The summed E-state index contributed by atoms with van der Waals surface area (Å²) in [4.78, 5) is 0. The van der Waals surface area contributed by atoms with Gasteiger partial charge in [0, 0.05) is 18.5 Å². The fourth-order valence-corrected chi connectivity index (χ4v) is 5.52. The maximum absolute atomic E-state index is 12.2. The lowest BCUT2D eigenvalue weighted by atomic mass is 9.76. The Morgan fingerprint density at radius 2 is 1.78 bits per heavy atom. The quantitative estimate of drug-likeness (QED) is 0.770. The second-order valence-corrected chi connectivity index (χ2v) is 9.93. The molecule has 5 heteroatoms. The molecule has 0 aliphatic heterocycles. The molecule has 2 atom stereocenters. The molecule has 0 amide bonds. The molecule has 2 aromatic carbocycles. The van der Waals surface area contributed by atoms with Crippen molar-refractivity contribution in [3.8, 4) is 0 Å². The standard InChI is InChI=1S/C22H28N2O2S/c23-22-11-10-19-9-8-18(14-24-27(25,26)15-17-6-7-17)13-20(19)21(22)12-16-4-2-1-3-5-16/h1-5,8-9,13,17,21-22,24H,6-7,10-12,14-15,23H2/t21-,22+/m0/s1. The summed E-state index contributed by atoms with van der Waals surface area (Å²) in [5.74, 6) is 0.901. The molecule has 0 saturated heterocycles. The highest BCUT2D eigenvalue weighted by Gasteiger charge is 2.29. The third-order valence-electron chi connectivity index (χ3n) is 5.82. The molecule has 144 valence electrons. The van der Waals surface area contributed by atoms with E-state index in [0.717, 1.165) is 37.7 Å². The minimum atomic E-state index is -3.19. The van der Waals surface area contributed by atoms with Gasteiger partial charge in [-0.15, -0.1) is 0 Å². The van der Waals surface area contributed by atoms with Gasteiger partial charge in [0.1, 0.15) is 0 Å². The number of nitrogens with two attached hydrogens (primary N) is 1. The molecule has 2 aromatic rings. The van der Waals surface area contributed by atoms with Crippen molar-refractivity contribution >= 4 is 10.0 Å². The highest BCUT2D eigenvalue weighted by atomic mass is 32.2. The predicted molar refractivity (Wildman–Crippen MR) is 109 cm³/mol. The summed E-state index contributed by atoms with van der Waals surface area (Å²) in [7, 11) is -3.19. The molecule has 4 nitrogen and oxygen atoms in total. The van der Waals surface area contributed by atoms with Crippen LogP contribution in [-0.2, 0) is 29.4 Å². The molecule has 27 heavy (non-hydrogen) atoms. The van der Waals surface area contributed by atoms with Crippen molar-refractivity contribution in [3.63, 3.8) is 0 Å². The summed E-state index contributed by atoms with van der Waals surface area (Å²) < 4.78 is 27.1. The van der Waals surface area contributed by atoms with Crippen LogP contribution in [0.15, 0.2) is 48.5 Å². The van der Waals surface area contributed by atoms with Crippen molar-refractivity contribution in [1.82, 2.24) is 4.72 Å². The van der Waals surface area contributed by atoms with Gasteiger partial charge in [0.05, 0.1) is 5.75 Å². The van der Waals surface area contributed by atoms with Crippen molar-refractivity contribution in [1.29, 1.82) is 0 Å². The summed E-state index contributed by atoms with van der Waals surface area (Å²) in [6.07, 6.45) is 5.00. The number of benzene rings is 2. The van der Waals surface area contributed by atoms with Crippen LogP contribution >= 0.6 is 0 Å². The molecule has 0 unspecified atom stereocenters. The number of hydrogen-bond acceptors (Lipinski definition) is 3. The summed E-state index contributed by atoms with van der Waals surface area (Å²) in [5.41, 5.74) is 11.4.